The largest absolute Gasteiger partial charge is 0.493 e. The van der Waals surface area contributed by atoms with Crippen LogP contribution in [0.5, 0.6) is 11.5 Å². The van der Waals surface area contributed by atoms with E-state index in [1.807, 2.05) is 76.5 Å². The molecule has 338 valence electrons. The Balaban J connectivity index is 0.916. The minimum Gasteiger partial charge on any atom is -0.493 e. The van der Waals surface area contributed by atoms with Gasteiger partial charge in [0.25, 0.3) is 0 Å². The summed E-state index contributed by atoms with van der Waals surface area (Å²) >= 11 is 6.81. The number of aryl methyl sites for hydroxylation is 2. The number of thiophene rings is 1. The summed E-state index contributed by atoms with van der Waals surface area (Å²) in [6.07, 6.45) is 5.00. The predicted molar refractivity (Wildman–Crippen MR) is 254 cm³/mol. The number of aliphatic hydroxyl groups is 1. The SMILES string of the molecule is COc1cc2c(N[C@H](C)c3cc(Br)cs3)nc(C)nc2cc1OCCCCCCCCC(=O)N[C@H](C(=O)N1C[C@H](O)C[C@H]1C(=O)NCc1ccc(-c2scnc2C)cc1)C(C)(C)C. The Bertz CT molecular complexity index is 2350. The van der Waals surface area contributed by atoms with Crippen LogP contribution in [0.3, 0.4) is 0 Å². The van der Waals surface area contributed by atoms with E-state index in [4.69, 9.17) is 14.5 Å². The second-order valence-corrected chi connectivity index (χ2v) is 20.1. The number of unbranched alkanes of at least 4 members (excludes halogenated alkanes) is 5. The number of carbonyl (C=O) groups excluding carboxylic acids is 3. The molecule has 3 amide bonds. The van der Waals surface area contributed by atoms with E-state index in [0.717, 1.165) is 75.0 Å². The number of β-amino-alcohol motifs (C(OH)–C–C–N with tert-alkyl or cyclic N) is 1. The van der Waals surface area contributed by atoms with Gasteiger partial charge in [0.15, 0.2) is 11.5 Å². The standard InChI is InChI=1S/C47H60BrN7O6S2/c1-28(40-20-33(48)26-62-40)51-44-35-22-38(60-7)39(23-36(35)52-30(3)53-44)61-19-13-11-9-8-10-12-14-41(57)54-43(47(4,5)6)46(59)55-25-34(56)21-37(55)45(58)49-24-31-15-17-32(18-16-31)42-29(2)50-27-63-42/h15-18,20,22-23,26-28,34,37,43,56H,8-14,19,21,24-25H2,1-7H3,(H,49,58)(H,54,57)(H,51,52,53)/t28-,34-,37+,43-/m1/s1. The number of carbonyl (C=O) groups is 3. The van der Waals surface area contributed by atoms with E-state index in [9.17, 15) is 19.5 Å². The van der Waals surface area contributed by atoms with Gasteiger partial charge in [0.2, 0.25) is 17.7 Å². The van der Waals surface area contributed by atoms with Crippen molar-refractivity contribution in [3.05, 3.63) is 79.8 Å². The molecule has 0 saturated carbocycles. The first-order valence-electron chi connectivity index (χ1n) is 21.7. The number of amides is 3. The third-order valence-electron chi connectivity index (χ3n) is 11.2. The van der Waals surface area contributed by atoms with Gasteiger partial charge in [0.05, 0.1) is 47.5 Å². The van der Waals surface area contributed by atoms with Crippen LogP contribution in [-0.4, -0.2) is 81.1 Å². The number of hydrogen-bond acceptors (Lipinski definition) is 12. The number of nitrogens with one attached hydrogen (secondary N) is 3. The van der Waals surface area contributed by atoms with Gasteiger partial charge in [0, 0.05) is 52.1 Å². The molecule has 4 heterocycles. The molecular weight excluding hydrogens is 903 g/mol. The molecule has 2 aromatic carbocycles. The number of fused-ring (bicyclic) bond motifs is 1. The quantitative estimate of drug-likeness (QED) is 0.0552. The Morgan fingerprint density at radius 2 is 1.71 bits per heavy atom. The molecule has 3 aromatic heterocycles. The molecule has 4 atom stereocenters. The zero-order valence-electron chi connectivity index (χ0n) is 37.3. The maximum atomic E-state index is 14.0. The number of likely N-dealkylation sites (tertiary alicyclic amines) is 1. The number of rotatable bonds is 20. The molecule has 5 aromatic rings. The summed E-state index contributed by atoms with van der Waals surface area (Å²) in [6, 6.07) is 12.3. The molecule has 6 rings (SSSR count). The van der Waals surface area contributed by atoms with E-state index < -0.39 is 23.6 Å². The van der Waals surface area contributed by atoms with E-state index in [2.05, 4.69) is 60.2 Å². The van der Waals surface area contributed by atoms with Crippen LogP contribution in [0.1, 0.15) is 107 Å². The maximum Gasteiger partial charge on any atom is 0.246 e. The van der Waals surface area contributed by atoms with Crippen LogP contribution < -0.4 is 25.4 Å². The summed E-state index contributed by atoms with van der Waals surface area (Å²) in [5.74, 6) is 1.78. The van der Waals surface area contributed by atoms with Crippen molar-refractivity contribution in [1.29, 1.82) is 0 Å². The summed E-state index contributed by atoms with van der Waals surface area (Å²) in [5, 5.41) is 23.0. The number of aromatic nitrogens is 3. The summed E-state index contributed by atoms with van der Waals surface area (Å²) in [7, 11) is 1.63. The molecule has 0 spiro atoms. The van der Waals surface area contributed by atoms with Crippen molar-refractivity contribution in [3.63, 3.8) is 0 Å². The Labute approximate surface area is 386 Å². The van der Waals surface area contributed by atoms with Crippen LogP contribution >= 0.6 is 38.6 Å². The van der Waals surface area contributed by atoms with Gasteiger partial charge < -0.3 is 35.4 Å². The highest BCUT2D eigenvalue weighted by atomic mass is 79.9. The van der Waals surface area contributed by atoms with E-state index >= 15 is 0 Å². The monoisotopic (exact) mass is 961 g/mol. The number of nitrogens with zero attached hydrogens (tertiary/aromatic N) is 4. The van der Waals surface area contributed by atoms with Crippen molar-refractivity contribution >= 4 is 73.0 Å². The number of hydrogen-bond donors (Lipinski definition) is 4. The highest BCUT2D eigenvalue weighted by Gasteiger charge is 2.44. The fraction of sp³-hybridized carbons (Fsp3) is 0.489. The molecule has 13 nitrogen and oxygen atoms in total. The second kappa shape index (κ2) is 21.8. The molecule has 16 heteroatoms. The predicted octanol–water partition coefficient (Wildman–Crippen LogP) is 9.29. The number of anilines is 1. The lowest BCUT2D eigenvalue weighted by molar-refractivity contribution is -0.144. The molecule has 1 saturated heterocycles. The summed E-state index contributed by atoms with van der Waals surface area (Å²) < 4.78 is 13.0. The third kappa shape index (κ3) is 12.8. The van der Waals surface area contributed by atoms with Crippen LogP contribution in [0.15, 0.2) is 57.8 Å². The molecule has 0 radical (unpaired) electrons. The van der Waals surface area contributed by atoms with Crippen LogP contribution in [0.2, 0.25) is 0 Å². The molecule has 4 N–H and O–H groups in total. The Kier molecular flexibility index (Phi) is 16.6. The Hall–Kier alpha value is -4.64. The smallest absolute Gasteiger partial charge is 0.246 e. The van der Waals surface area contributed by atoms with Gasteiger partial charge in [-0.25, -0.2) is 15.0 Å². The minimum absolute atomic E-state index is 0.0327. The van der Waals surface area contributed by atoms with Gasteiger partial charge in [0.1, 0.15) is 23.7 Å². The summed E-state index contributed by atoms with van der Waals surface area (Å²) in [6.45, 7) is 12.5. The fourth-order valence-electron chi connectivity index (χ4n) is 7.76. The number of methoxy groups -OCH3 is 1. The van der Waals surface area contributed by atoms with E-state index in [-0.39, 0.29) is 43.3 Å². The van der Waals surface area contributed by atoms with E-state index in [1.54, 1.807) is 29.8 Å². The van der Waals surface area contributed by atoms with E-state index in [0.29, 0.717) is 36.8 Å². The lowest BCUT2D eigenvalue weighted by Crippen LogP contribution is -2.57. The Morgan fingerprint density at radius 3 is 2.38 bits per heavy atom. The number of aliphatic hydroxyl groups excluding tert-OH is 1. The van der Waals surface area contributed by atoms with Gasteiger partial charge in [-0.05, 0) is 78.2 Å². The van der Waals surface area contributed by atoms with Gasteiger partial charge in [-0.2, -0.15) is 0 Å². The molecule has 63 heavy (non-hydrogen) atoms. The lowest BCUT2D eigenvalue weighted by Gasteiger charge is -2.35. The van der Waals surface area contributed by atoms with Crippen LogP contribution in [-0.2, 0) is 20.9 Å². The lowest BCUT2D eigenvalue weighted by atomic mass is 9.85. The second-order valence-electron chi connectivity index (χ2n) is 17.3. The average Bonchev–Trinajstić information content (AvgIpc) is 4.00. The minimum atomic E-state index is -0.854. The van der Waals surface area contributed by atoms with Crippen molar-refractivity contribution in [2.75, 3.05) is 25.6 Å². The molecule has 0 bridgehead atoms. The summed E-state index contributed by atoms with van der Waals surface area (Å²) in [5.41, 5.74) is 4.94. The average molecular weight is 963 g/mol. The zero-order chi connectivity index (χ0) is 45.3. The van der Waals surface area contributed by atoms with Crippen molar-refractivity contribution in [1.82, 2.24) is 30.5 Å². The molecule has 1 aliphatic rings. The van der Waals surface area contributed by atoms with Crippen LogP contribution in [0.4, 0.5) is 5.82 Å². The number of halogens is 1. The first kappa shape index (κ1) is 47.8. The summed E-state index contributed by atoms with van der Waals surface area (Å²) in [4.78, 5) is 58.1. The van der Waals surface area contributed by atoms with Gasteiger partial charge in [-0.1, -0.05) is 70.7 Å². The number of thiazole rings is 1. The normalized spacial score (nSPS) is 16.2. The van der Waals surface area contributed by atoms with Crippen molar-refractivity contribution in [3.8, 4) is 21.9 Å². The van der Waals surface area contributed by atoms with Crippen molar-refractivity contribution < 1.29 is 29.0 Å². The van der Waals surface area contributed by atoms with E-state index in [1.165, 1.54) is 9.78 Å². The van der Waals surface area contributed by atoms with Gasteiger partial charge in [-0.15, -0.1) is 22.7 Å². The van der Waals surface area contributed by atoms with Crippen LogP contribution in [0, 0.1) is 19.3 Å². The maximum absolute atomic E-state index is 14.0. The van der Waals surface area contributed by atoms with Gasteiger partial charge >= 0.3 is 0 Å². The van der Waals surface area contributed by atoms with Crippen LogP contribution in [0.25, 0.3) is 21.3 Å². The first-order valence-corrected chi connectivity index (χ1v) is 24.2. The fourth-order valence-corrected chi connectivity index (χ4v) is 10.0. The third-order valence-corrected chi connectivity index (χ3v) is 14.1. The number of benzene rings is 2. The Morgan fingerprint density at radius 1 is 0.984 bits per heavy atom. The van der Waals surface area contributed by atoms with Crippen molar-refractivity contribution in [2.24, 2.45) is 5.41 Å². The number of ether oxygens (including phenoxy) is 2. The first-order chi connectivity index (χ1) is 30.1. The molecule has 0 unspecified atom stereocenters. The highest BCUT2D eigenvalue weighted by Crippen LogP contribution is 2.37. The molecular formula is C47H60BrN7O6S2. The molecule has 1 aliphatic heterocycles. The molecule has 0 aliphatic carbocycles. The highest BCUT2D eigenvalue weighted by molar-refractivity contribution is 9.10. The van der Waals surface area contributed by atoms with Gasteiger partial charge in [-0.3, -0.25) is 14.4 Å². The zero-order valence-corrected chi connectivity index (χ0v) is 40.5. The topological polar surface area (TPSA) is 168 Å². The molecule has 1 fully saturated rings. The van der Waals surface area contributed by atoms with Crippen molar-refractivity contribution in [2.45, 2.75) is 124 Å².